The molecule has 1 saturated carbocycles. The molecular weight excluding hydrogens is 214 g/mol. The van der Waals surface area contributed by atoms with Gasteiger partial charge in [-0.1, -0.05) is 20.8 Å². The SMILES string of the molecule is CCc1cc(NC2CC(OC)C2(C)C)ncn1. The lowest BCUT2D eigenvalue weighted by molar-refractivity contribution is -0.0795. The predicted molar refractivity (Wildman–Crippen MR) is 68.0 cm³/mol. The summed E-state index contributed by atoms with van der Waals surface area (Å²) in [7, 11) is 1.78. The Bertz CT molecular complexity index is 392. The van der Waals surface area contributed by atoms with Crippen LogP contribution in [0.15, 0.2) is 12.4 Å². The number of hydrogen-bond donors (Lipinski definition) is 1. The second kappa shape index (κ2) is 4.61. The fraction of sp³-hybridized carbons (Fsp3) is 0.692. The zero-order valence-electron chi connectivity index (χ0n) is 11.0. The maximum atomic E-state index is 5.44. The molecule has 0 amide bonds. The van der Waals surface area contributed by atoms with E-state index in [0.717, 1.165) is 24.4 Å². The van der Waals surface area contributed by atoms with E-state index < -0.39 is 0 Å². The minimum absolute atomic E-state index is 0.159. The third-order valence-electron chi connectivity index (χ3n) is 3.87. The summed E-state index contributed by atoms with van der Waals surface area (Å²) >= 11 is 0. The second-order valence-electron chi connectivity index (χ2n) is 5.23. The molecule has 1 aliphatic rings. The number of aryl methyl sites for hydroxylation is 1. The number of hydrogen-bond acceptors (Lipinski definition) is 4. The van der Waals surface area contributed by atoms with Gasteiger partial charge in [0.1, 0.15) is 12.1 Å². The molecule has 4 nitrogen and oxygen atoms in total. The van der Waals surface area contributed by atoms with E-state index in [4.69, 9.17) is 4.74 Å². The van der Waals surface area contributed by atoms with E-state index in [1.54, 1.807) is 13.4 Å². The second-order valence-corrected chi connectivity index (χ2v) is 5.23. The van der Waals surface area contributed by atoms with Crippen LogP contribution in [0.1, 0.15) is 32.9 Å². The van der Waals surface area contributed by atoms with Gasteiger partial charge >= 0.3 is 0 Å². The molecule has 2 atom stereocenters. The summed E-state index contributed by atoms with van der Waals surface area (Å²) in [5, 5.41) is 3.48. The van der Waals surface area contributed by atoms with Gasteiger partial charge in [0, 0.05) is 30.3 Å². The van der Waals surface area contributed by atoms with Crippen LogP contribution in [0.4, 0.5) is 5.82 Å². The molecule has 0 saturated heterocycles. The van der Waals surface area contributed by atoms with Crippen molar-refractivity contribution in [3.63, 3.8) is 0 Å². The Kier molecular flexibility index (Phi) is 3.33. The summed E-state index contributed by atoms with van der Waals surface area (Å²) in [4.78, 5) is 8.46. The van der Waals surface area contributed by atoms with Gasteiger partial charge in [0.2, 0.25) is 0 Å². The molecule has 94 valence electrons. The molecule has 1 aromatic heterocycles. The van der Waals surface area contributed by atoms with Gasteiger partial charge < -0.3 is 10.1 Å². The van der Waals surface area contributed by atoms with Crippen LogP contribution in [0.3, 0.4) is 0 Å². The van der Waals surface area contributed by atoms with Gasteiger partial charge in [-0.2, -0.15) is 0 Å². The lowest BCUT2D eigenvalue weighted by Gasteiger charge is -2.51. The molecular formula is C13H21N3O. The van der Waals surface area contributed by atoms with Crippen molar-refractivity contribution >= 4 is 5.82 Å². The van der Waals surface area contributed by atoms with Crippen molar-refractivity contribution in [2.45, 2.75) is 45.8 Å². The highest BCUT2D eigenvalue weighted by atomic mass is 16.5. The van der Waals surface area contributed by atoms with E-state index in [1.807, 2.05) is 6.07 Å². The Hall–Kier alpha value is -1.16. The molecule has 0 bridgehead atoms. The van der Waals surface area contributed by atoms with Crippen LogP contribution >= 0.6 is 0 Å². The standard InChI is InChI=1S/C13H21N3O/c1-5-9-6-12(15-8-14-9)16-10-7-11(17-4)13(10,2)3/h6,8,10-11H,5,7H2,1-4H3,(H,14,15,16). The maximum Gasteiger partial charge on any atom is 0.129 e. The maximum absolute atomic E-state index is 5.44. The third kappa shape index (κ3) is 2.27. The van der Waals surface area contributed by atoms with E-state index in [-0.39, 0.29) is 5.41 Å². The van der Waals surface area contributed by atoms with E-state index >= 15 is 0 Å². The van der Waals surface area contributed by atoms with Gasteiger partial charge in [-0.05, 0) is 12.8 Å². The summed E-state index contributed by atoms with van der Waals surface area (Å²) in [5.74, 6) is 0.921. The topological polar surface area (TPSA) is 47.0 Å². The zero-order valence-corrected chi connectivity index (χ0v) is 11.0. The fourth-order valence-electron chi connectivity index (χ4n) is 2.38. The van der Waals surface area contributed by atoms with Gasteiger partial charge in [-0.25, -0.2) is 9.97 Å². The van der Waals surface area contributed by atoms with Crippen LogP contribution in [0.5, 0.6) is 0 Å². The summed E-state index contributed by atoms with van der Waals surface area (Å²) in [6, 6.07) is 2.45. The Balaban J connectivity index is 2.02. The van der Waals surface area contributed by atoms with Crippen LogP contribution in [0, 0.1) is 5.41 Å². The average molecular weight is 235 g/mol. The molecule has 1 aromatic rings. The Morgan fingerprint density at radius 1 is 1.47 bits per heavy atom. The van der Waals surface area contributed by atoms with Crippen molar-refractivity contribution in [3.05, 3.63) is 18.1 Å². The molecule has 2 unspecified atom stereocenters. The normalized spacial score (nSPS) is 26.4. The Morgan fingerprint density at radius 2 is 2.24 bits per heavy atom. The fourth-order valence-corrected chi connectivity index (χ4v) is 2.38. The number of ether oxygens (including phenoxy) is 1. The number of nitrogens with one attached hydrogen (secondary N) is 1. The van der Waals surface area contributed by atoms with Crippen LogP contribution < -0.4 is 5.32 Å². The van der Waals surface area contributed by atoms with E-state index in [0.29, 0.717) is 12.1 Å². The van der Waals surface area contributed by atoms with Gasteiger partial charge in [-0.3, -0.25) is 0 Å². The first-order chi connectivity index (χ1) is 8.07. The number of rotatable bonds is 4. The zero-order chi connectivity index (χ0) is 12.5. The highest BCUT2D eigenvalue weighted by Crippen LogP contribution is 2.43. The van der Waals surface area contributed by atoms with E-state index in [9.17, 15) is 0 Å². The molecule has 0 radical (unpaired) electrons. The summed E-state index contributed by atoms with van der Waals surface area (Å²) in [5.41, 5.74) is 1.23. The minimum Gasteiger partial charge on any atom is -0.381 e. The van der Waals surface area contributed by atoms with Crippen molar-refractivity contribution in [2.75, 3.05) is 12.4 Å². The van der Waals surface area contributed by atoms with Crippen molar-refractivity contribution in [1.82, 2.24) is 9.97 Å². The summed E-state index contributed by atoms with van der Waals surface area (Å²) in [6.45, 7) is 6.55. The average Bonchev–Trinajstić information content (AvgIpc) is 2.34. The summed E-state index contributed by atoms with van der Waals surface area (Å²) in [6.07, 6.45) is 3.94. The van der Waals surface area contributed by atoms with Gasteiger partial charge in [0.05, 0.1) is 6.10 Å². The van der Waals surface area contributed by atoms with Crippen molar-refractivity contribution < 1.29 is 4.74 Å². The van der Waals surface area contributed by atoms with Crippen LogP contribution in [0.2, 0.25) is 0 Å². The highest BCUT2D eigenvalue weighted by molar-refractivity contribution is 5.38. The van der Waals surface area contributed by atoms with Crippen LogP contribution in [0.25, 0.3) is 0 Å². The van der Waals surface area contributed by atoms with Crippen LogP contribution in [-0.2, 0) is 11.2 Å². The van der Waals surface area contributed by atoms with Gasteiger partial charge in [0.25, 0.3) is 0 Å². The summed E-state index contributed by atoms with van der Waals surface area (Å²) < 4.78 is 5.44. The molecule has 1 N–H and O–H groups in total. The molecule has 4 heteroatoms. The predicted octanol–water partition coefficient (Wildman–Crippen LogP) is 2.26. The van der Waals surface area contributed by atoms with Crippen LogP contribution in [-0.4, -0.2) is 29.2 Å². The molecule has 1 heterocycles. The smallest absolute Gasteiger partial charge is 0.129 e. The minimum atomic E-state index is 0.159. The lowest BCUT2D eigenvalue weighted by atomic mass is 9.64. The third-order valence-corrected chi connectivity index (χ3v) is 3.87. The lowest BCUT2D eigenvalue weighted by Crippen LogP contribution is -2.57. The van der Waals surface area contributed by atoms with Crippen molar-refractivity contribution in [3.8, 4) is 0 Å². The molecule has 0 aliphatic heterocycles. The monoisotopic (exact) mass is 235 g/mol. The highest BCUT2D eigenvalue weighted by Gasteiger charge is 2.48. The molecule has 1 aliphatic carbocycles. The Morgan fingerprint density at radius 3 is 2.82 bits per heavy atom. The molecule has 17 heavy (non-hydrogen) atoms. The molecule has 0 aromatic carbocycles. The van der Waals surface area contributed by atoms with Crippen molar-refractivity contribution in [1.29, 1.82) is 0 Å². The van der Waals surface area contributed by atoms with E-state index in [1.165, 1.54) is 0 Å². The van der Waals surface area contributed by atoms with Gasteiger partial charge in [-0.15, -0.1) is 0 Å². The largest absolute Gasteiger partial charge is 0.381 e. The number of nitrogens with zero attached hydrogens (tertiary/aromatic N) is 2. The molecule has 2 rings (SSSR count). The number of methoxy groups -OCH3 is 1. The van der Waals surface area contributed by atoms with Crippen molar-refractivity contribution in [2.24, 2.45) is 5.41 Å². The quantitative estimate of drug-likeness (QED) is 0.869. The first kappa shape index (κ1) is 12.3. The first-order valence-electron chi connectivity index (χ1n) is 6.18. The molecule has 1 fully saturated rings. The van der Waals surface area contributed by atoms with Gasteiger partial charge in [0.15, 0.2) is 0 Å². The number of aromatic nitrogens is 2. The van der Waals surface area contributed by atoms with E-state index in [2.05, 4.69) is 36.1 Å². The molecule has 0 spiro atoms. The Labute approximate surface area is 103 Å². The first-order valence-corrected chi connectivity index (χ1v) is 6.18. The number of anilines is 1.